The molecule has 0 fully saturated rings. The van der Waals surface area contributed by atoms with Crippen LogP contribution in [0.2, 0.25) is 10.0 Å². The second-order valence-corrected chi connectivity index (χ2v) is 8.04. The van der Waals surface area contributed by atoms with Crippen LogP contribution in [0.1, 0.15) is 27.5 Å². The number of halogens is 5. The molecular formula is C24H20Cl2F3N3O4. The van der Waals surface area contributed by atoms with Gasteiger partial charge in [-0.05, 0) is 41.5 Å². The average Bonchev–Trinajstić information content (AvgIpc) is 2.82. The van der Waals surface area contributed by atoms with Crippen LogP contribution in [0.4, 0.5) is 18.9 Å². The number of amides is 2. The molecule has 0 aliphatic carbocycles. The van der Waals surface area contributed by atoms with Crippen molar-refractivity contribution >= 4 is 46.7 Å². The van der Waals surface area contributed by atoms with Gasteiger partial charge in [-0.25, -0.2) is 4.79 Å². The molecule has 0 saturated carbocycles. The molecule has 3 rings (SSSR count). The standard InChI is InChI=1S/C22H19Cl2N3O2.C2HF3O2/c23-17-10-18(24)12-19(11-17)26-22(29)20(15-6-2-1-3-7-15)27-21(28)16-8-4-5-14(9-16)13-25;3-2(4,5)1(6)7/h1-12,20H,13,25H2,(H,26,29)(H,27,28);(H,6,7). The number of nitrogens with two attached hydrogens (primary N) is 1. The highest BCUT2D eigenvalue weighted by atomic mass is 35.5. The zero-order valence-corrected chi connectivity index (χ0v) is 19.9. The Labute approximate surface area is 214 Å². The Kier molecular flexibility index (Phi) is 10.3. The number of benzene rings is 3. The first-order valence-corrected chi connectivity index (χ1v) is 10.9. The molecule has 190 valence electrons. The molecule has 2 amide bonds. The van der Waals surface area contributed by atoms with Gasteiger partial charge in [-0.2, -0.15) is 13.2 Å². The molecule has 0 saturated heterocycles. The normalized spacial score (nSPS) is 11.5. The van der Waals surface area contributed by atoms with Crippen molar-refractivity contribution in [1.82, 2.24) is 5.32 Å². The number of anilines is 1. The highest BCUT2D eigenvalue weighted by molar-refractivity contribution is 6.35. The highest BCUT2D eigenvalue weighted by Crippen LogP contribution is 2.24. The first-order valence-electron chi connectivity index (χ1n) is 10.1. The maximum absolute atomic E-state index is 13.0. The number of carbonyl (C=O) groups excluding carboxylic acids is 2. The van der Waals surface area contributed by atoms with Gasteiger partial charge in [0.25, 0.3) is 11.8 Å². The quantitative estimate of drug-likeness (QED) is 0.342. The van der Waals surface area contributed by atoms with E-state index < -0.39 is 24.1 Å². The first-order chi connectivity index (χ1) is 16.9. The number of carboxylic acid groups (broad SMARTS) is 1. The van der Waals surface area contributed by atoms with Gasteiger partial charge in [0, 0.05) is 27.8 Å². The summed E-state index contributed by atoms with van der Waals surface area (Å²) in [5, 5.41) is 13.5. The van der Waals surface area contributed by atoms with E-state index in [4.69, 9.17) is 38.8 Å². The molecule has 0 radical (unpaired) electrons. The molecule has 0 heterocycles. The molecule has 36 heavy (non-hydrogen) atoms. The number of carbonyl (C=O) groups is 3. The largest absolute Gasteiger partial charge is 0.490 e. The van der Waals surface area contributed by atoms with Gasteiger partial charge in [-0.1, -0.05) is 65.7 Å². The van der Waals surface area contributed by atoms with Crippen molar-refractivity contribution in [2.75, 3.05) is 5.32 Å². The summed E-state index contributed by atoms with van der Waals surface area (Å²) < 4.78 is 31.7. The lowest BCUT2D eigenvalue weighted by atomic mass is 10.0. The summed E-state index contributed by atoms with van der Waals surface area (Å²) in [6.45, 7) is 0.319. The minimum atomic E-state index is -5.08. The molecule has 7 nitrogen and oxygen atoms in total. The SMILES string of the molecule is NCc1cccc(C(=O)NC(C(=O)Nc2cc(Cl)cc(Cl)c2)c2ccccc2)c1.O=C(O)C(F)(F)F. The van der Waals surface area contributed by atoms with Gasteiger partial charge < -0.3 is 21.5 Å². The third kappa shape index (κ3) is 8.88. The van der Waals surface area contributed by atoms with Gasteiger partial charge >= 0.3 is 12.1 Å². The lowest BCUT2D eigenvalue weighted by molar-refractivity contribution is -0.192. The van der Waals surface area contributed by atoms with Crippen LogP contribution in [0.5, 0.6) is 0 Å². The molecule has 3 aromatic carbocycles. The summed E-state index contributed by atoms with van der Waals surface area (Å²) in [6.07, 6.45) is -5.08. The summed E-state index contributed by atoms with van der Waals surface area (Å²) in [5.74, 6) is -3.56. The van der Waals surface area contributed by atoms with E-state index in [2.05, 4.69) is 10.6 Å². The van der Waals surface area contributed by atoms with E-state index >= 15 is 0 Å². The van der Waals surface area contributed by atoms with Gasteiger partial charge in [-0.3, -0.25) is 9.59 Å². The number of alkyl halides is 3. The maximum Gasteiger partial charge on any atom is 0.490 e. The van der Waals surface area contributed by atoms with Crippen molar-refractivity contribution in [3.8, 4) is 0 Å². The van der Waals surface area contributed by atoms with Crippen molar-refractivity contribution in [2.24, 2.45) is 5.73 Å². The number of aliphatic carboxylic acids is 1. The molecule has 5 N–H and O–H groups in total. The minimum Gasteiger partial charge on any atom is -0.475 e. The van der Waals surface area contributed by atoms with Crippen LogP contribution in [0, 0.1) is 0 Å². The van der Waals surface area contributed by atoms with Crippen LogP contribution < -0.4 is 16.4 Å². The third-order valence-corrected chi connectivity index (χ3v) is 4.90. The molecular weight excluding hydrogens is 522 g/mol. The van der Waals surface area contributed by atoms with Gasteiger partial charge in [0.15, 0.2) is 0 Å². The molecule has 0 aliphatic rings. The molecule has 0 aromatic heterocycles. The van der Waals surface area contributed by atoms with Crippen LogP contribution in [-0.4, -0.2) is 29.1 Å². The van der Waals surface area contributed by atoms with Crippen molar-refractivity contribution in [2.45, 2.75) is 18.8 Å². The number of hydrogen-bond acceptors (Lipinski definition) is 4. The number of hydrogen-bond donors (Lipinski definition) is 4. The fourth-order valence-corrected chi connectivity index (χ4v) is 3.37. The second kappa shape index (κ2) is 12.9. The molecule has 0 aliphatic heterocycles. The smallest absolute Gasteiger partial charge is 0.475 e. The Morgan fingerprint density at radius 2 is 1.50 bits per heavy atom. The van der Waals surface area contributed by atoms with Gasteiger partial charge in [0.1, 0.15) is 6.04 Å². The zero-order chi connectivity index (χ0) is 26.9. The number of carboxylic acids is 1. The Bertz CT molecular complexity index is 1200. The first kappa shape index (κ1) is 28.6. The van der Waals surface area contributed by atoms with E-state index in [1.165, 1.54) is 0 Å². The Morgan fingerprint density at radius 1 is 0.917 bits per heavy atom. The summed E-state index contributed by atoms with van der Waals surface area (Å²) in [7, 11) is 0. The monoisotopic (exact) mass is 541 g/mol. The van der Waals surface area contributed by atoms with E-state index in [9.17, 15) is 22.8 Å². The van der Waals surface area contributed by atoms with Crippen LogP contribution in [0.25, 0.3) is 0 Å². The van der Waals surface area contributed by atoms with Crippen molar-refractivity contribution in [3.63, 3.8) is 0 Å². The number of rotatable bonds is 6. The van der Waals surface area contributed by atoms with Gasteiger partial charge in [0.2, 0.25) is 0 Å². The molecule has 3 aromatic rings. The topological polar surface area (TPSA) is 122 Å². The van der Waals surface area contributed by atoms with Crippen molar-refractivity contribution < 1.29 is 32.7 Å². The van der Waals surface area contributed by atoms with Gasteiger partial charge in [-0.15, -0.1) is 0 Å². The Balaban J connectivity index is 0.000000572. The van der Waals surface area contributed by atoms with Crippen molar-refractivity contribution in [3.05, 3.63) is 99.5 Å². The van der Waals surface area contributed by atoms with Gasteiger partial charge in [0.05, 0.1) is 0 Å². The summed E-state index contributed by atoms with van der Waals surface area (Å²) in [4.78, 5) is 34.7. The lowest BCUT2D eigenvalue weighted by Gasteiger charge is -2.19. The van der Waals surface area contributed by atoms with Crippen LogP contribution in [0.15, 0.2) is 72.8 Å². The Morgan fingerprint density at radius 3 is 2.03 bits per heavy atom. The van der Waals surface area contributed by atoms with E-state index in [0.29, 0.717) is 33.4 Å². The van der Waals surface area contributed by atoms with E-state index in [1.54, 1.807) is 60.7 Å². The predicted octanol–water partition coefficient (Wildman–Crippen LogP) is 5.20. The summed E-state index contributed by atoms with van der Waals surface area (Å²) in [6, 6.07) is 19.8. The fraction of sp³-hybridized carbons (Fsp3) is 0.125. The molecule has 0 spiro atoms. The predicted molar refractivity (Wildman–Crippen MR) is 130 cm³/mol. The van der Waals surface area contributed by atoms with Crippen molar-refractivity contribution in [1.29, 1.82) is 0 Å². The van der Waals surface area contributed by atoms with E-state index in [1.807, 2.05) is 12.1 Å². The molecule has 12 heteroatoms. The van der Waals surface area contributed by atoms with Crippen LogP contribution in [0.3, 0.4) is 0 Å². The number of nitrogens with one attached hydrogen (secondary N) is 2. The average molecular weight is 542 g/mol. The molecule has 0 bridgehead atoms. The lowest BCUT2D eigenvalue weighted by Crippen LogP contribution is -2.37. The second-order valence-electron chi connectivity index (χ2n) is 7.17. The molecule has 1 atom stereocenters. The third-order valence-electron chi connectivity index (χ3n) is 4.47. The van der Waals surface area contributed by atoms with E-state index in [-0.39, 0.29) is 5.91 Å². The van der Waals surface area contributed by atoms with Crippen LogP contribution >= 0.6 is 23.2 Å². The fourth-order valence-electron chi connectivity index (χ4n) is 2.84. The summed E-state index contributed by atoms with van der Waals surface area (Å²) >= 11 is 12.0. The molecule has 1 unspecified atom stereocenters. The Hall–Kier alpha value is -3.60. The maximum atomic E-state index is 13.0. The highest BCUT2D eigenvalue weighted by Gasteiger charge is 2.38. The van der Waals surface area contributed by atoms with Crippen LogP contribution in [-0.2, 0) is 16.1 Å². The summed E-state index contributed by atoms with van der Waals surface area (Å²) in [5.41, 5.74) is 7.98. The van der Waals surface area contributed by atoms with E-state index in [0.717, 1.165) is 5.56 Å². The minimum absolute atomic E-state index is 0.319. The zero-order valence-electron chi connectivity index (χ0n) is 18.4.